The van der Waals surface area contributed by atoms with E-state index in [-0.39, 0.29) is 11.8 Å². The SMILES string of the molecule is CC(C#N)CNC(=O)c1cncn1C. The van der Waals surface area contributed by atoms with Crippen LogP contribution in [0, 0.1) is 17.2 Å². The van der Waals surface area contributed by atoms with Crippen LogP contribution in [0.3, 0.4) is 0 Å². The minimum absolute atomic E-state index is 0.174. The van der Waals surface area contributed by atoms with Crippen LogP contribution in [0.15, 0.2) is 12.5 Å². The highest BCUT2D eigenvalue weighted by Gasteiger charge is 2.10. The number of carbonyl (C=O) groups excluding carboxylic acids is 1. The van der Waals surface area contributed by atoms with Crippen molar-refractivity contribution in [2.24, 2.45) is 13.0 Å². The Morgan fingerprint density at radius 2 is 2.57 bits per heavy atom. The number of nitriles is 1. The molecule has 1 aromatic rings. The first-order chi connectivity index (χ1) is 6.65. The van der Waals surface area contributed by atoms with Gasteiger partial charge in [0.2, 0.25) is 0 Å². The molecule has 0 saturated heterocycles. The quantitative estimate of drug-likeness (QED) is 0.749. The molecular formula is C9H12N4O. The van der Waals surface area contributed by atoms with Crippen LogP contribution >= 0.6 is 0 Å². The van der Waals surface area contributed by atoms with E-state index < -0.39 is 0 Å². The fraction of sp³-hybridized carbons (Fsp3) is 0.444. The minimum Gasteiger partial charge on any atom is -0.349 e. The molecule has 0 radical (unpaired) electrons. The molecular weight excluding hydrogens is 180 g/mol. The topological polar surface area (TPSA) is 70.7 Å². The molecule has 5 nitrogen and oxygen atoms in total. The second-order valence-corrected chi connectivity index (χ2v) is 3.13. The lowest BCUT2D eigenvalue weighted by molar-refractivity contribution is 0.0942. The van der Waals surface area contributed by atoms with E-state index in [0.717, 1.165) is 0 Å². The largest absolute Gasteiger partial charge is 0.349 e. The molecule has 0 spiro atoms. The molecule has 1 N–H and O–H groups in total. The van der Waals surface area contributed by atoms with Gasteiger partial charge in [0.25, 0.3) is 5.91 Å². The van der Waals surface area contributed by atoms with Gasteiger partial charge in [-0.25, -0.2) is 4.98 Å². The second kappa shape index (κ2) is 4.42. The Bertz CT molecular complexity index is 363. The Balaban J connectivity index is 2.53. The van der Waals surface area contributed by atoms with Gasteiger partial charge < -0.3 is 9.88 Å². The summed E-state index contributed by atoms with van der Waals surface area (Å²) < 4.78 is 1.63. The van der Waals surface area contributed by atoms with Gasteiger partial charge in [-0.15, -0.1) is 0 Å². The summed E-state index contributed by atoms with van der Waals surface area (Å²) in [6, 6.07) is 2.04. The molecule has 1 heterocycles. The third-order valence-electron chi connectivity index (χ3n) is 1.84. The molecule has 1 rings (SSSR count). The second-order valence-electron chi connectivity index (χ2n) is 3.13. The summed E-state index contributed by atoms with van der Waals surface area (Å²) >= 11 is 0. The maximum atomic E-state index is 11.5. The normalized spacial score (nSPS) is 11.8. The van der Waals surface area contributed by atoms with Gasteiger partial charge in [0.1, 0.15) is 5.69 Å². The number of imidazole rings is 1. The van der Waals surface area contributed by atoms with Crippen LogP contribution in [0.5, 0.6) is 0 Å². The van der Waals surface area contributed by atoms with Crippen LogP contribution in [0.25, 0.3) is 0 Å². The number of hydrogen-bond donors (Lipinski definition) is 1. The van der Waals surface area contributed by atoms with Crippen molar-refractivity contribution in [1.82, 2.24) is 14.9 Å². The number of amides is 1. The fourth-order valence-corrected chi connectivity index (χ4v) is 0.958. The first-order valence-electron chi connectivity index (χ1n) is 4.29. The molecule has 1 unspecified atom stereocenters. The molecule has 0 aliphatic rings. The summed E-state index contributed by atoms with van der Waals surface area (Å²) in [6.07, 6.45) is 3.05. The van der Waals surface area contributed by atoms with E-state index >= 15 is 0 Å². The van der Waals surface area contributed by atoms with Gasteiger partial charge in [0, 0.05) is 13.6 Å². The summed E-state index contributed by atoms with van der Waals surface area (Å²) in [7, 11) is 1.75. The first kappa shape index (κ1) is 10.3. The van der Waals surface area contributed by atoms with E-state index in [2.05, 4.69) is 10.3 Å². The molecule has 0 aromatic carbocycles. The van der Waals surface area contributed by atoms with Crippen molar-refractivity contribution >= 4 is 5.91 Å². The van der Waals surface area contributed by atoms with E-state index in [1.165, 1.54) is 6.20 Å². The number of aromatic nitrogens is 2. The van der Waals surface area contributed by atoms with E-state index in [9.17, 15) is 4.79 Å². The van der Waals surface area contributed by atoms with Crippen LogP contribution in [0.1, 0.15) is 17.4 Å². The highest BCUT2D eigenvalue weighted by Crippen LogP contribution is 1.96. The molecule has 0 saturated carbocycles. The molecule has 1 aromatic heterocycles. The smallest absolute Gasteiger partial charge is 0.269 e. The predicted octanol–water partition coefficient (Wildman–Crippen LogP) is 0.310. The van der Waals surface area contributed by atoms with Crippen LogP contribution in [-0.2, 0) is 7.05 Å². The van der Waals surface area contributed by atoms with E-state index in [1.54, 1.807) is 24.9 Å². The molecule has 14 heavy (non-hydrogen) atoms. The molecule has 1 amide bonds. The molecule has 74 valence electrons. The van der Waals surface area contributed by atoms with Crippen molar-refractivity contribution in [3.8, 4) is 6.07 Å². The van der Waals surface area contributed by atoms with Gasteiger partial charge in [0.05, 0.1) is 24.5 Å². The summed E-state index contributed by atoms with van der Waals surface area (Å²) in [4.78, 5) is 15.3. The molecule has 0 fully saturated rings. The van der Waals surface area contributed by atoms with Gasteiger partial charge >= 0.3 is 0 Å². The molecule has 5 heteroatoms. The third kappa shape index (κ3) is 2.33. The summed E-state index contributed by atoms with van der Waals surface area (Å²) in [6.45, 7) is 2.12. The maximum Gasteiger partial charge on any atom is 0.269 e. The number of carbonyl (C=O) groups is 1. The van der Waals surface area contributed by atoms with Gasteiger partial charge in [-0.1, -0.05) is 0 Å². The maximum absolute atomic E-state index is 11.5. The number of rotatable bonds is 3. The van der Waals surface area contributed by atoms with Crippen LogP contribution in [0.4, 0.5) is 0 Å². The van der Waals surface area contributed by atoms with Gasteiger partial charge in [0.15, 0.2) is 0 Å². The van der Waals surface area contributed by atoms with Crippen LogP contribution in [0.2, 0.25) is 0 Å². The van der Waals surface area contributed by atoms with E-state index in [4.69, 9.17) is 5.26 Å². The van der Waals surface area contributed by atoms with Crippen molar-refractivity contribution in [2.75, 3.05) is 6.54 Å². The zero-order valence-electron chi connectivity index (χ0n) is 8.19. The molecule has 0 aliphatic carbocycles. The van der Waals surface area contributed by atoms with Crippen molar-refractivity contribution in [3.05, 3.63) is 18.2 Å². The highest BCUT2D eigenvalue weighted by atomic mass is 16.1. The minimum atomic E-state index is -0.202. The number of hydrogen-bond acceptors (Lipinski definition) is 3. The van der Waals surface area contributed by atoms with Crippen LogP contribution in [-0.4, -0.2) is 22.0 Å². The van der Waals surface area contributed by atoms with Crippen LogP contribution < -0.4 is 5.32 Å². The Kier molecular flexibility index (Phi) is 3.24. The summed E-state index contributed by atoms with van der Waals surface area (Å²) in [5, 5.41) is 11.2. The van der Waals surface area contributed by atoms with Gasteiger partial charge in [-0.3, -0.25) is 4.79 Å². The van der Waals surface area contributed by atoms with E-state index in [0.29, 0.717) is 12.2 Å². The lowest BCUT2D eigenvalue weighted by Gasteiger charge is -2.05. The highest BCUT2D eigenvalue weighted by molar-refractivity contribution is 5.92. The van der Waals surface area contributed by atoms with Crippen molar-refractivity contribution in [1.29, 1.82) is 5.26 Å². The molecule has 1 atom stereocenters. The van der Waals surface area contributed by atoms with Crippen molar-refractivity contribution < 1.29 is 4.79 Å². The number of nitrogens with one attached hydrogen (secondary N) is 1. The van der Waals surface area contributed by atoms with Crippen molar-refractivity contribution in [2.45, 2.75) is 6.92 Å². The third-order valence-corrected chi connectivity index (χ3v) is 1.84. The standard InChI is InChI=1S/C9H12N4O/c1-7(3-10)4-12-9(14)8-5-11-6-13(8)2/h5-7H,4H2,1-2H3,(H,12,14). The number of aryl methyl sites for hydroxylation is 1. The Morgan fingerprint density at radius 3 is 3.07 bits per heavy atom. The fourth-order valence-electron chi connectivity index (χ4n) is 0.958. The van der Waals surface area contributed by atoms with Crippen molar-refractivity contribution in [3.63, 3.8) is 0 Å². The summed E-state index contributed by atoms with van der Waals surface area (Å²) in [5.41, 5.74) is 0.495. The zero-order valence-corrected chi connectivity index (χ0v) is 8.19. The average molecular weight is 192 g/mol. The Hall–Kier alpha value is -1.83. The summed E-state index contributed by atoms with van der Waals surface area (Å²) in [5.74, 6) is -0.376. The predicted molar refractivity (Wildman–Crippen MR) is 50.3 cm³/mol. The molecule has 0 aliphatic heterocycles. The average Bonchev–Trinajstić information content (AvgIpc) is 2.60. The Labute approximate surface area is 82.4 Å². The zero-order chi connectivity index (χ0) is 10.6. The lowest BCUT2D eigenvalue weighted by atomic mass is 10.2. The Morgan fingerprint density at radius 1 is 1.86 bits per heavy atom. The monoisotopic (exact) mass is 192 g/mol. The number of nitrogens with zero attached hydrogens (tertiary/aromatic N) is 3. The lowest BCUT2D eigenvalue weighted by Crippen LogP contribution is -2.29. The van der Waals surface area contributed by atoms with E-state index in [1.807, 2.05) is 6.07 Å². The van der Waals surface area contributed by atoms with Gasteiger partial charge in [-0.2, -0.15) is 5.26 Å². The first-order valence-corrected chi connectivity index (χ1v) is 4.29. The van der Waals surface area contributed by atoms with Gasteiger partial charge in [-0.05, 0) is 6.92 Å². The molecule has 0 bridgehead atoms.